The van der Waals surface area contributed by atoms with Gasteiger partial charge in [0.05, 0.1) is 5.56 Å². The third-order valence-electron chi connectivity index (χ3n) is 3.60. The first-order valence-electron chi connectivity index (χ1n) is 6.69. The Morgan fingerprint density at radius 1 is 1.33 bits per heavy atom. The number of aromatic nitrogens is 2. The van der Waals surface area contributed by atoms with Crippen molar-refractivity contribution >= 4 is 0 Å². The SMILES string of the molecule is CC1CCC(CCc2ncc(C#N)cn2)CNC1. The van der Waals surface area contributed by atoms with E-state index in [1.54, 1.807) is 12.4 Å². The maximum atomic E-state index is 8.68. The van der Waals surface area contributed by atoms with E-state index in [1.165, 1.54) is 12.8 Å². The lowest BCUT2D eigenvalue weighted by Gasteiger charge is -2.13. The average Bonchev–Trinajstić information content (AvgIpc) is 2.62. The van der Waals surface area contributed by atoms with E-state index in [1.807, 2.05) is 6.07 Å². The second-order valence-electron chi connectivity index (χ2n) is 5.25. The molecule has 4 heteroatoms. The van der Waals surface area contributed by atoms with Crippen molar-refractivity contribution in [2.24, 2.45) is 11.8 Å². The van der Waals surface area contributed by atoms with Gasteiger partial charge in [-0.3, -0.25) is 0 Å². The molecule has 1 aromatic rings. The van der Waals surface area contributed by atoms with E-state index < -0.39 is 0 Å². The summed E-state index contributed by atoms with van der Waals surface area (Å²) in [6.07, 6.45) is 7.86. The molecule has 0 aliphatic carbocycles. The molecule has 0 amide bonds. The summed E-state index contributed by atoms with van der Waals surface area (Å²) >= 11 is 0. The molecule has 1 aromatic heterocycles. The fourth-order valence-corrected chi connectivity index (χ4v) is 2.38. The predicted molar refractivity (Wildman–Crippen MR) is 69.8 cm³/mol. The first kappa shape index (κ1) is 13.0. The van der Waals surface area contributed by atoms with Crippen molar-refractivity contribution in [1.29, 1.82) is 5.26 Å². The van der Waals surface area contributed by atoms with Crippen molar-refractivity contribution in [2.75, 3.05) is 13.1 Å². The molecule has 1 N–H and O–H groups in total. The first-order chi connectivity index (χ1) is 8.78. The molecular formula is C14H20N4. The van der Waals surface area contributed by atoms with Crippen molar-refractivity contribution < 1.29 is 0 Å². The molecule has 0 bridgehead atoms. The molecule has 2 rings (SSSR count). The molecule has 0 spiro atoms. The molecular weight excluding hydrogens is 224 g/mol. The number of rotatable bonds is 3. The zero-order chi connectivity index (χ0) is 12.8. The molecule has 4 nitrogen and oxygen atoms in total. The summed E-state index contributed by atoms with van der Waals surface area (Å²) in [5.74, 6) is 2.38. The third kappa shape index (κ3) is 3.78. The van der Waals surface area contributed by atoms with Gasteiger partial charge in [-0.1, -0.05) is 6.92 Å². The largest absolute Gasteiger partial charge is 0.316 e. The van der Waals surface area contributed by atoms with Gasteiger partial charge < -0.3 is 5.32 Å². The number of hydrogen-bond acceptors (Lipinski definition) is 4. The summed E-state index contributed by atoms with van der Waals surface area (Å²) in [6.45, 7) is 4.56. The topological polar surface area (TPSA) is 61.6 Å². The molecule has 0 aromatic carbocycles. The summed E-state index contributed by atoms with van der Waals surface area (Å²) in [5, 5.41) is 12.2. The van der Waals surface area contributed by atoms with Gasteiger partial charge in [0.1, 0.15) is 11.9 Å². The van der Waals surface area contributed by atoms with Crippen LogP contribution in [-0.4, -0.2) is 23.1 Å². The zero-order valence-corrected chi connectivity index (χ0v) is 10.9. The second-order valence-corrected chi connectivity index (χ2v) is 5.25. The number of aryl methyl sites for hydroxylation is 1. The highest BCUT2D eigenvalue weighted by molar-refractivity contribution is 5.21. The molecule has 1 aliphatic rings. The molecule has 0 radical (unpaired) electrons. The molecule has 2 unspecified atom stereocenters. The van der Waals surface area contributed by atoms with E-state index in [0.29, 0.717) is 5.56 Å². The molecule has 96 valence electrons. The fourth-order valence-electron chi connectivity index (χ4n) is 2.38. The maximum Gasteiger partial charge on any atom is 0.128 e. The van der Waals surface area contributed by atoms with Crippen LogP contribution in [0.5, 0.6) is 0 Å². The van der Waals surface area contributed by atoms with Crippen LogP contribution in [-0.2, 0) is 6.42 Å². The van der Waals surface area contributed by atoms with Crippen molar-refractivity contribution in [1.82, 2.24) is 15.3 Å². The minimum Gasteiger partial charge on any atom is -0.316 e. The minimum atomic E-state index is 0.531. The number of nitrogens with zero attached hydrogens (tertiary/aromatic N) is 3. The molecule has 1 saturated heterocycles. The van der Waals surface area contributed by atoms with Crippen molar-refractivity contribution in [3.8, 4) is 6.07 Å². The lowest BCUT2D eigenvalue weighted by atomic mass is 9.95. The third-order valence-corrected chi connectivity index (χ3v) is 3.60. The summed E-state index contributed by atoms with van der Waals surface area (Å²) < 4.78 is 0. The van der Waals surface area contributed by atoms with Gasteiger partial charge in [0, 0.05) is 18.8 Å². The lowest BCUT2D eigenvalue weighted by Crippen LogP contribution is -2.23. The maximum absolute atomic E-state index is 8.68. The second kappa shape index (κ2) is 6.46. The van der Waals surface area contributed by atoms with E-state index in [2.05, 4.69) is 22.2 Å². The lowest BCUT2D eigenvalue weighted by molar-refractivity contribution is 0.434. The van der Waals surface area contributed by atoms with Gasteiger partial charge in [-0.15, -0.1) is 0 Å². The highest BCUT2D eigenvalue weighted by atomic mass is 14.9. The van der Waals surface area contributed by atoms with Gasteiger partial charge >= 0.3 is 0 Å². The quantitative estimate of drug-likeness (QED) is 0.882. The van der Waals surface area contributed by atoms with Gasteiger partial charge in [0.15, 0.2) is 0 Å². The van der Waals surface area contributed by atoms with Gasteiger partial charge in [0.2, 0.25) is 0 Å². The Morgan fingerprint density at radius 2 is 2.11 bits per heavy atom. The standard InChI is InChI=1S/C14H20N4/c1-11-2-3-12(8-16-7-11)4-5-14-17-9-13(6-15)10-18-14/h9-12,16H,2-5,7-8H2,1H3. The molecule has 1 fully saturated rings. The van der Waals surface area contributed by atoms with Gasteiger partial charge in [-0.05, 0) is 44.2 Å². The van der Waals surface area contributed by atoms with E-state index in [0.717, 1.165) is 43.6 Å². The summed E-state index contributed by atoms with van der Waals surface area (Å²) in [6, 6.07) is 2.04. The van der Waals surface area contributed by atoms with Crippen molar-refractivity contribution in [2.45, 2.75) is 32.6 Å². The van der Waals surface area contributed by atoms with E-state index in [4.69, 9.17) is 5.26 Å². The van der Waals surface area contributed by atoms with Crippen LogP contribution in [0.25, 0.3) is 0 Å². The van der Waals surface area contributed by atoms with E-state index >= 15 is 0 Å². The van der Waals surface area contributed by atoms with Crippen LogP contribution in [0.3, 0.4) is 0 Å². The summed E-state index contributed by atoms with van der Waals surface area (Å²) in [5.41, 5.74) is 0.531. The Hall–Kier alpha value is -1.47. The molecule has 0 saturated carbocycles. The molecule has 2 atom stereocenters. The minimum absolute atomic E-state index is 0.531. The Bertz CT molecular complexity index is 407. The van der Waals surface area contributed by atoms with Gasteiger partial charge in [-0.25, -0.2) is 9.97 Å². The van der Waals surface area contributed by atoms with Crippen LogP contribution in [0.2, 0.25) is 0 Å². The normalized spacial score (nSPS) is 24.2. The Morgan fingerprint density at radius 3 is 2.83 bits per heavy atom. The molecule has 18 heavy (non-hydrogen) atoms. The Labute approximate surface area is 108 Å². The van der Waals surface area contributed by atoms with Crippen molar-refractivity contribution in [3.05, 3.63) is 23.8 Å². The first-order valence-corrected chi connectivity index (χ1v) is 6.69. The van der Waals surface area contributed by atoms with Crippen LogP contribution < -0.4 is 5.32 Å². The van der Waals surface area contributed by atoms with E-state index in [9.17, 15) is 0 Å². The fraction of sp³-hybridized carbons (Fsp3) is 0.643. The van der Waals surface area contributed by atoms with E-state index in [-0.39, 0.29) is 0 Å². The number of nitrogens with one attached hydrogen (secondary N) is 1. The monoisotopic (exact) mass is 244 g/mol. The zero-order valence-electron chi connectivity index (χ0n) is 10.9. The molecule has 2 heterocycles. The summed E-state index contributed by atoms with van der Waals surface area (Å²) in [4.78, 5) is 8.44. The number of hydrogen-bond donors (Lipinski definition) is 1. The van der Waals surface area contributed by atoms with Gasteiger partial charge in [-0.2, -0.15) is 5.26 Å². The molecule has 1 aliphatic heterocycles. The smallest absolute Gasteiger partial charge is 0.128 e. The van der Waals surface area contributed by atoms with Crippen LogP contribution in [0, 0.1) is 23.2 Å². The highest BCUT2D eigenvalue weighted by Crippen LogP contribution is 2.19. The predicted octanol–water partition coefficient (Wildman–Crippen LogP) is 1.92. The van der Waals surface area contributed by atoms with Crippen LogP contribution >= 0.6 is 0 Å². The summed E-state index contributed by atoms with van der Waals surface area (Å²) in [7, 11) is 0. The Kier molecular flexibility index (Phi) is 4.66. The van der Waals surface area contributed by atoms with Gasteiger partial charge in [0.25, 0.3) is 0 Å². The van der Waals surface area contributed by atoms with Crippen LogP contribution in [0.1, 0.15) is 37.6 Å². The Balaban J connectivity index is 1.81. The average molecular weight is 244 g/mol. The van der Waals surface area contributed by atoms with Crippen LogP contribution in [0.15, 0.2) is 12.4 Å². The number of nitriles is 1. The van der Waals surface area contributed by atoms with Crippen molar-refractivity contribution in [3.63, 3.8) is 0 Å². The highest BCUT2D eigenvalue weighted by Gasteiger charge is 2.15. The van der Waals surface area contributed by atoms with Crippen LogP contribution in [0.4, 0.5) is 0 Å².